The topological polar surface area (TPSA) is 26.7 Å². The van der Waals surface area contributed by atoms with Crippen LogP contribution in [0.1, 0.15) is 32.1 Å². The van der Waals surface area contributed by atoms with E-state index in [1.165, 1.54) is 45.3 Å². The maximum atomic E-state index is 9.88. The van der Waals surface area contributed by atoms with Crippen LogP contribution < -0.4 is 0 Å². The lowest BCUT2D eigenvalue weighted by atomic mass is 9.96. The molecule has 1 saturated heterocycles. The molecule has 2 rings (SSSR count). The molecular formula is C13H26N2O. The van der Waals surface area contributed by atoms with Crippen LogP contribution >= 0.6 is 0 Å². The fraction of sp³-hybridized carbons (Fsp3) is 1.00. The number of aliphatic hydroxyl groups is 1. The summed E-state index contributed by atoms with van der Waals surface area (Å²) in [5, 5.41) is 9.88. The minimum atomic E-state index is -0.0729. The van der Waals surface area contributed by atoms with Gasteiger partial charge >= 0.3 is 0 Å². The second-order valence-corrected chi connectivity index (χ2v) is 5.75. The SMILES string of the molecule is CN1CCC(CN(C)[C@@H]2CCC[C@H]2O)CC1. The largest absolute Gasteiger partial charge is 0.391 e. The Hall–Kier alpha value is -0.120. The lowest BCUT2D eigenvalue weighted by molar-refractivity contribution is 0.0683. The van der Waals surface area contributed by atoms with Gasteiger partial charge in [0.25, 0.3) is 0 Å². The molecule has 2 aliphatic rings. The summed E-state index contributed by atoms with van der Waals surface area (Å²) in [5.41, 5.74) is 0. The molecule has 3 heteroatoms. The van der Waals surface area contributed by atoms with Crippen molar-refractivity contribution >= 4 is 0 Å². The van der Waals surface area contributed by atoms with Crippen LogP contribution in [0.15, 0.2) is 0 Å². The molecule has 94 valence electrons. The van der Waals surface area contributed by atoms with E-state index in [1.807, 2.05) is 0 Å². The third-order valence-corrected chi connectivity index (χ3v) is 4.39. The Morgan fingerprint density at radius 1 is 1.19 bits per heavy atom. The average molecular weight is 226 g/mol. The van der Waals surface area contributed by atoms with Crippen LogP contribution in [-0.4, -0.2) is 60.8 Å². The van der Waals surface area contributed by atoms with Gasteiger partial charge < -0.3 is 14.9 Å². The predicted molar refractivity (Wildman–Crippen MR) is 66.5 cm³/mol. The van der Waals surface area contributed by atoms with Crippen LogP contribution in [0.5, 0.6) is 0 Å². The quantitative estimate of drug-likeness (QED) is 0.782. The monoisotopic (exact) mass is 226 g/mol. The molecule has 0 aromatic rings. The van der Waals surface area contributed by atoms with Gasteiger partial charge in [0.15, 0.2) is 0 Å². The predicted octanol–water partition coefficient (Wildman–Crippen LogP) is 1.17. The van der Waals surface area contributed by atoms with Crippen molar-refractivity contribution in [1.29, 1.82) is 0 Å². The summed E-state index contributed by atoms with van der Waals surface area (Å²) in [4.78, 5) is 4.83. The second kappa shape index (κ2) is 5.48. The maximum Gasteiger partial charge on any atom is 0.0695 e. The van der Waals surface area contributed by atoms with Crippen molar-refractivity contribution in [1.82, 2.24) is 9.80 Å². The van der Waals surface area contributed by atoms with Crippen LogP contribution in [0.25, 0.3) is 0 Å². The van der Waals surface area contributed by atoms with E-state index >= 15 is 0 Å². The molecule has 2 fully saturated rings. The zero-order valence-corrected chi connectivity index (χ0v) is 10.7. The zero-order valence-electron chi connectivity index (χ0n) is 10.7. The normalized spacial score (nSPS) is 33.8. The standard InChI is InChI=1S/C13H26N2O/c1-14-8-6-11(7-9-14)10-15(2)12-4-3-5-13(12)16/h11-13,16H,3-10H2,1-2H3/t12-,13-/m1/s1. The summed E-state index contributed by atoms with van der Waals surface area (Å²) in [6, 6.07) is 0.430. The molecule has 1 heterocycles. The molecule has 0 radical (unpaired) electrons. The molecular weight excluding hydrogens is 200 g/mol. The van der Waals surface area contributed by atoms with E-state index in [-0.39, 0.29) is 6.10 Å². The number of likely N-dealkylation sites (N-methyl/N-ethyl adjacent to an activating group) is 1. The minimum Gasteiger partial charge on any atom is -0.391 e. The van der Waals surface area contributed by atoms with Crippen molar-refractivity contribution < 1.29 is 5.11 Å². The Morgan fingerprint density at radius 3 is 2.44 bits per heavy atom. The number of aliphatic hydroxyl groups excluding tert-OH is 1. The Labute approximate surface area is 99.4 Å². The van der Waals surface area contributed by atoms with Gasteiger partial charge in [-0.1, -0.05) is 0 Å². The maximum absolute atomic E-state index is 9.88. The van der Waals surface area contributed by atoms with E-state index in [1.54, 1.807) is 0 Å². The molecule has 0 bridgehead atoms. The number of nitrogens with zero attached hydrogens (tertiary/aromatic N) is 2. The first-order valence-corrected chi connectivity index (χ1v) is 6.73. The summed E-state index contributed by atoms with van der Waals surface area (Å²) < 4.78 is 0. The summed E-state index contributed by atoms with van der Waals surface area (Å²) in [6.45, 7) is 3.66. The van der Waals surface area contributed by atoms with Crippen molar-refractivity contribution in [3.8, 4) is 0 Å². The molecule has 1 saturated carbocycles. The summed E-state index contributed by atoms with van der Waals surface area (Å²) in [6.07, 6.45) is 5.96. The van der Waals surface area contributed by atoms with E-state index in [0.29, 0.717) is 6.04 Å². The number of rotatable bonds is 3. The molecule has 1 N–H and O–H groups in total. The smallest absolute Gasteiger partial charge is 0.0695 e. The molecule has 0 amide bonds. The van der Waals surface area contributed by atoms with Gasteiger partial charge in [-0.15, -0.1) is 0 Å². The van der Waals surface area contributed by atoms with E-state index < -0.39 is 0 Å². The fourth-order valence-electron chi connectivity index (χ4n) is 3.22. The van der Waals surface area contributed by atoms with Crippen molar-refractivity contribution in [2.75, 3.05) is 33.7 Å². The molecule has 0 spiro atoms. The Balaban J connectivity index is 1.76. The van der Waals surface area contributed by atoms with Crippen molar-refractivity contribution in [2.24, 2.45) is 5.92 Å². The minimum absolute atomic E-state index is 0.0729. The van der Waals surface area contributed by atoms with Gasteiger partial charge in [-0.05, 0) is 65.2 Å². The highest BCUT2D eigenvalue weighted by Crippen LogP contribution is 2.25. The van der Waals surface area contributed by atoms with E-state index in [4.69, 9.17) is 0 Å². The summed E-state index contributed by atoms with van der Waals surface area (Å²) in [5.74, 6) is 0.842. The highest BCUT2D eigenvalue weighted by atomic mass is 16.3. The van der Waals surface area contributed by atoms with Crippen molar-refractivity contribution in [3.63, 3.8) is 0 Å². The summed E-state index contributed by atoms with van der Waals surface area (Å²) >= 11 is 0. The highest BCUT2D eigenvalue weighted by molar-refractivity contribution is 4.85. The molecule has 3 nitrogen and oxygen atoms in total. The zero-order chi connectivity index (χ0) is 11.5. The first-order chi connectivity index (χ1) is 7.66. The van der Waals surface area contributed by atoms with Gasteiger partial charge in [-0.25, -0.2) is 0 Å². The Morgan fingerprint density at radius 2 is 1.88 bits per heavy atom. The van der Waals surface area contributed by atoms with Crippen LogP contribution in [0.4, 0.5) is 0 Å². The fourth-order valence-corrected chi connectivity index (χ4v) is 3.22. The molecule has 1 aliphatic heterocycles. The third kappa shape index (κ3) is 2.96. The van der Waals surface area contributed by atoms with Crippen molar-refractivity contribution in [3.05, 3.63) is 0 Å². The second-order valence-electron chi connectivity index (χ2n) is 5.75. The number of likely N-dealkylation sites (tertiary alicyclic amines) is 1. The highest BCUT2D eigenvalue weighted by Gasteiger charge is 2.30. The third-order valence-electron chi connectivity index (χ3n) is 4.39. The van der Waals surface area contributed by atoms with Crippen molar-refractivity contribution in [2.45, 2.75) is 44.2 Å². The van der Waals surface area contributed by atoms with Gasteiger partial charge in [0.05, 0.1) is 6.10 Å². The Bertz CT molecular complexity index is 214. The molecule has 2 atom stereocenters. The molecule has 0 unspecified atom stereocenters. The van der Waals surface area contributed by atoms with Crippen LogP contribution in [0.3, 0.4) is 0 Å². The molecule has 0 aromatic heterocycles. The lowest BCUT2D eigenvalue weighted by Gasteiger charge is -2.34. The van der Waals surface area contributed by atoms with E-state index in [2.05, 4.69) is 23.9 Å². The first-order valence-electron chi connectivity index (χ1n) is 6.73. The molecule has 0 aromatic carbocycles. The lowest BCUT2D eigenvalue weighted by Crippen LogP contribution is -2.42. The van der Waals surface area contributed by atoms with Gasteiger partial charge in [-0.2, -0.15) is 0 Å². The molecule has 16 heavy (non-hydrogen) atoms. The number of piperidine rings is 1. The number of hydrogen-bond donors (Lipinski definition) is 1. The van der Waals surface area contributed by atoms with Gasteiger partial charge in [0, 0.05) is 12.6 Å². The summed E-state index contributed by atoms with van der Waals surface area (Å²) in [7, 11) is 4.40. The average Bonchev–Trinajstić information content (AvgIpc) is 2.68. The number of hydrogen-bond acceptors (Lipinski definition) is 3. The van der Waals surface area contributed by atoms with Crippen LogP contribution in [-0.2, 0) is 0 Å². The van der Waals surface area contributed by atoms with Gasteiger partial charge in [0.2, 0.25) is 0 Å². The van der Waals surface area contributed by atoms with Gasteiger partial charge in [0.1, 0.15) is 0 Å². The van der Waals surface area contributed by atoms with E-state index in [0.717, 1.165) is 12.3 Å². The Kier molecular flexibility index (Phi) is 4.22. The van der Waals surface area contributed by atoms with Crippen LogP contribution in [0.2, 0.25) is 0 Å². The van der Waals surface area contributed by atoms with E-state index in [9.17, 15) is 5.11 Å². The molecule has 1 aliphatic carbocycles. The van der Waals surface area contributed by atoms with Crippen LogP contribution in [0, 0.1) is 5.92 Å². The van der Waals surface area contributed by atoms with Gasteiger partial charge in [-0.3, -0.25) is 0 Å². The first kappa shape index (κ1) is 12.3.